The Labute approximate surface area is 173 Å². The van der Waals surface area contributed by atoms with Crippen molar-refractivity contribution in [3.63, 3.8) is 0 Å². The molecule has 9 nitrogen and oxygen atoms in total. The Bertz CT molecular complexity index is 301. The Balaban J connectivity index is 4.47. The van der Waals surface area contributed by atoms with E-state index in [1.165, 1.54) is 6.42 Å². The summed E-state index contributed by atoms with van der Waals surface area (Å²) in [6.07, 6.45) is 1.17. The summed E-state index contributed by atoms with van der Waals surface area (Å²) in [6, 6.07) is 0. The number of nitrogens with two attached hydrogens (primary N) is 4. The molecule has 0 amide bonds. The van der Waals surface area contributed by atoms with Crippen LogP contribution in [0.3, 0.4) is 0 Å². The Morgan fingerprint density at radius 2 is 0.857 bits per heavy atom. The van der Waals surface area contributed by atoms with Crippen molar-refractivity contribution in [3.8, 4) is 0 Å². The maximum Gasteiger partial charge on any atom is 0.0110 e. The van der Waals surface area contributed by atoms with E-state index in [2.05, 4.69) is 32.3 Å². The maximum absolute atomic E-state index is 5.82. The highest BCUT2D eigenvalue weighted by molar-refractivity contribution is 4.69. The predicted octanol–water partition coefficient (Wildman–Crippen LogP) is -2.68. The molecule has 0 aliphatic rings. The van der Waals surface area contributed by atoms with Gasteiger partial charge in [-0.15, -0.1) is 0 Å². The molecule has 0 unspecified atom stereocenters. The third-order valence-corrected chi connectivity index (χ3v) is 4.76. The highest BCUT2D eigenvalue weighted by atomic mass is 15.2. The van der Waals surface area contributed by atoms with Crippen molar-refractivity contribution in [2.45, 2.75) is 13.3 Å². The van der Waals surface area contributed by atoms with Gasteiger partial charge in [-0.05, 0) is 13.0 Å². The van der Waals surface area contributed by atoms with Gasteiger partial charge in [-0.3, -0.25) is 14.7 Å². The Hall–Kier alpha value is -0.360. The highest BCUT2D eigenvalue weighted by Crippen LogP contribution is 1.95. The van der Waals surface area contributed by atoms with Gasteiger partial charge in [0.2, 0.25) is 0 Å². The zero-order valence-electron chi connectivity index (χ0n) is 18.4. The summed E-state index contributed by atoms with van der Waals surface area (Å²) in [6.45, 7) is 17.7. The van der Waals surface area contributed by atoms with Crippen molar-refractivity contribution < 1.29 is 0 Å². The van der Waals surface area contributed by atoms with Gasteiger partial charge < -0.3 is 33.6 Å². The zero-order valence-corrected chi connectivity index (χ0v) is 18.4. The number of hydrogen-bond donors (Lipinski definition) is 6. The lowest BCUT2D eigenvalue weighted by molar-refractivity contribution is 0.180. The highest BCUT2D eigenvalue weighted by Gasteiger charge is 2.11. The van der Waals surface area contributed by atoms with E-state index in [0.29, 0.717) is 26.2 Å². The van der Waals surface area contributed by atoms with Crippen LogP contribution in [0.25, 0.3) is 0 Å². The van der Waals surface area contributed by atoms with Gasteiger partial charge in [0.05, 0.1) is 0 Å². The SMILES string of the molecule is CCCNCCN(CCN)CCN(CCNCCN)CCN(CCN)CCN. The van der Waals surface area contributed by atoms with Crippen LogP contribution in [-0.4, -0.2) is 126 Å². The minimum atomic E-state index is 0.674. The third-order valence-electron chi connectivity index (χ3n) is 4.76. The molecule has 0 spiro atoms. The monoisotopic (exact) mass is 403 g/mol. The van der Waals surface area contributed by atoms with Crippen molar-refractivity contribution in [2.24, 2.45) is 22.9 Å². The van der Waals surface area contributed by atoms with Gasteiger partial charge in [0.1, 0.15) is 0 Å². The average Bonchev–Trinajstić information content (AvgIpc) is 2.69. The fourth-order valence-corrected chi connectivity index (χ4v) is 3.12. The first-order chi connectivity index (χ1) is 13.7. The second kappa shape index (κ2) is 21.4. The second-order valence-corrected chi connectivity index (χ2v) is 7.18. The van der Waals surface area contributed by atoms with E-state index in [4.69, 9.17) is 22.9 Å². The first-order valence-corrected chi connectivity index (χ1v) is 11.1. The Kier molecular flexibility index (Phi) is 21.1. The van der Waals surface area contributed by atoms with Gasteiger partial charge in [0.15, 0.2) is 0 Å². The van der Waals surface area contributed by atoms with Crippen LogP contribution in [0.15, 0.2) is 0 Å². The largest absolute Gasteiger partial charge is 0.329 e. The van der Waals surface area contributed by atoms with Crippen molar-refractivity contribution in [2.75, 3.05) is 111 Å². The molecule has 0 aliphatic heterocycles. The third kappa shape index (κ3) is 16.6. The lowest BCUT2D eigenvalue weighted by Crippen LogP contribution is -2.45. The number of rotatable bonds is 22. The zero-order chi connectivity index (χ0) is 20.9. The van der Waals surface area contributed by atoms with Gasteiger partial charge in [-0.2, -0.15) is 0 Å². The molecule has 0 saturated heterocycles. The molecule has 0 aliphatic carbocycles. The summed E-state index contributed by atoms with van der Waals surface area (Å²) >= 11 is 0. The first-order valence-electron chi connectivity index (χ1n) is 11.1. The van der Waals surface area contributed by atoms with E-state index in [1.807, 2.05) is 0 Å². The maximum atomic E-state index is 5.82. The number of nitrogens with zero attached hydrogens (tertiary/aromatic N) is 3. The molecule has 9 heteroatoms. The van der Waals surface area contributed by atoms with Crippen molar-refractivity contribution in [1.82, 2.24) is 25.3 Å². The molecule has 10 N–H and O–H groups in total. The molecule has 28 heavy (non-hydrogen) atoms. The fraction of sp³-hybridized carbons (Fsp3) is 1.00. The molecular weight excluding hydrogens is 354 g/mol. The predicted molar refractivity (Wildman–Crippen MR) is 122 cm³/mol. The lowest BCUT2D eigenvalue weighted by atomic mass is 10.3. The Morgan fingerprint density at radius 1 is 0.464 bits per heavy atom. The van der Waals surface area contributed by atoms with Crippen LogP contribution < -0.4 is 33.6 Å². The van der Waals surface area contributed by atoms with Gasteiger partial charge in [0.25, 0.3) is 0 Å². The minimum absolute atomic E-state index is 0.674. The van der Waals surface area contributed by atoms with Crippen LogP contribution in [0.5, 0.6) is 0 Å². The van der Waals surface area contributed by atoms with Gasteiger partial charge in [-0.1, -0.05) is 6.92 Å². The summed E-state index contributed by atoms with van der Waals surface area (Å²) in [7, 11) is 0. The lowest BCUT2D eigenvalue weighted by Gasteiger charge is -2.30. The van der Waals surface area contributed by atoms with Crippen LogP contribution in [0.4, 0.5) is 0 Å². The molecule has 0 atom stereocenters. The van der Waals surface area contributed by atoms with Crippen LogP contribution in [0.2, 0.25) is 0 Å². The summed E-state index contributed by atoms with van der Waals surface area (Å²) in [5, 5.41) is 6.88. The van der Waals surface area contributed by atoms with Gasteiger partial charge >= 0.3 is 0 Å². The van der Waals surface area contributed by atoms with Crippen LogP contribution in [0, 0.1) is 0 Å². The summed E-state index contributed by atoms with van der Waals surface area (Å²) in [4.78, 5) is 7.33. The quantitative estimate of drug-likeness (QED) is 0.107. The smallest absolute Gasteiger partial charge is 0.0110 e. The Morgan fingerprint density at radius 3 is 1.25 bits per heavy atom. The van der Waals surface area contributed by atoms with E-state index in [0.717, 1.165) is 85.1 Å². The summed E-state index contributed by atoms with van der Waals surface area (Å²) in [5.74, 6) is 0. The number of hydrogen-bond acceptors (Lipinski definition) is 9. The van der Waals surface area contributed by atoms with Crippen molar-refractivity contribution in [1.29, 1.82) is 0 Å². The molecule has 0 saturated carbocycles. The second-order valence-electron chi connectivity index (χ2n) is 7.18. The molecule has 0 bridgehead atoms. The molecular formula is C19H49N9. The molecule has 0 rings (SSSR count). The topological polar surface area (TPSA) is 138 Å². The molecule has 0 heterocycles. The van der Waals surface area contributed by atoms with Gasteiger partial charge in [0, 0.05) is 105 Å². The minimum Gasteiger partial charge on any atom is -0.329 e. The van der Waals surface area contributed by atoms with E-state index in [9.17, 15) is 0 Å². The molecule has 0 aromatic rings. The van der Waals surface area contributed by atoms with E-state index < -0.39 is 0 Å². The molecule has 170 valence electrons. The van der Waals surface area contributed by atoms with Crippen molar-refractivity contribution in [3.05, 3.63) is 0 Å². The molecule has 0 aromatic carbocycles. The average molecular weight is 404 g/mol. The van der Waals surface area contributed by atoms with E-state index in [1.54, 1.807) is 0 Å². The van der Waals surface area contributed by atoms with Gasteiger partial charge in [-0.25, -0.2) is 0 Å². The van der Waals surface area contributed by atoms with Crippen molar-refractivity contribution >= 4 is 0 Å². The van der Waals surface area contributed by atoms with Crippen LogP contribution in [-0.2, 0) is 0 Å². The number of nitrogens with one attached hydrogen (secondary N) is 2. The molecule has 0 radical (unpaired) electrons. The normalized spacial score (nSPS) is 12.0. The van der Waals surface area contributed by atoms with E-state index >= 15 is 0 Å². The fourth-order valence-electron chi connectivity index (χ4n) is 3.12. The van der Waals surface area contributed by atoms with E-state index in [-0.39, 0.29) is 0 Å². The molecule has 0 aromatic heterocycles. The van der Waals surface area contributed by atoms with Crippen LogP contribution >= 0.6 is 0 Å². The standard InChI is InChI=1S/C19H49N9/c1-2-7-24-9-14-27(13-6-23)17-19-28(15-10-25-8-3-20)18-16-26(11-4-21)12-5-22/h24-25H,2-23H2,1H3. The summed E-state index contributed by atoms with van der Waals surface area (Å²) < 4.78 is 0. The van der Waals surface area contributed by atoms with Crippen LogP contribution in [0.1, 0.15) is 13.3 Å². The summed E-state index contributed by atoms with van der Waals surface area (Å²) in [5.41, 5.74) is 22.9. The molecule has 0 fully saturated rings. The first kappa shape index (κ1) is 27.6.